The molecule has 2 fully saturated rings. The Labute approximate surface area is 134 Å². The Morgan fingerprint density at radius 3 is 2.52 bits per heavy atom. The molecule has 6 heteroatoms. The summed E-state index contributed by atoms with van der Waals surface area (Å²) in [6.07, 6.45) is 1.41. The minimum atomic E-state index is -2.17. The van der Waals surface area contributed by atoms with Crippen LogP contribution in [-0.2, 0) is 4.79 Å². The molecule has 0 spiro atoms. The van der Waals surface area contributed by atoms with Crippen LogP contribution in [0.2, 0.25) is 0 Å². The van der Waals surface area contributed by atoms with E-state index in [0.717, 1.165) is 19.9 Å². The summed E-state index contributed by atoms with van der Waals surface area (Å²) in [4.78, 5) is 13.4. The van der Waals surface area contributed by atoms with Gasteiger partial charge in [0.05, 0.1) is 11.6 Å². The quantitative estimate of drug-likeness (QED) is 0.723. The molecule has 0 saturated carbocycles. The number of carbonyl (C=O) groups is 1. The molecule has 2 heterocycles. The standard InChI is InChI=1S/C8H13NO.C7H4FN.C2H4F2/c1-6-5-7-3-2-4-9(7)8(6)10;8-7-3-1-2-6(4-7)5-9;1-2(3)4/h6-7H,2-5H2,1H3;1-4H;2H,1H3. The number of rotatable bonds is 0. The minimum absolute atomic E-state index is 0.310. The average molecular weight is 326 g/mol. The van der Waals surface area contributed by atoms with E-state index in [2.05, 4.69) is 4.90 Å². The van der Waals surface area contributed by atoms with Crippen molar-refractivity contribution in [3.63, 3.8) is 0 Å². The van der Waals surface area contributed by atoms with Crippen molar-refractivity contribution in [2.24, 2.45) is 5.92 Å². The molecule has 3 nitrogen and oxygen atoms in total. The van der Waals surface area contributed by atoms with Gasteiger partial charge >= 0.3 is 0 Å². The highest BCUT2D eigenvalue weighted by atomic mass is 19.3. The highest BCUT2D eigenvalue weighted by molar-refractivity contribution is 5.81. The van der Waals surface area contributed by atoms with Gasteiger partial charge in [0.1, 0.15) is 5.82 Å². The van der Waals surface area contributed by atoms with Crippen LogP contribution in [0.4, 0.5) is 13.2 Å². The van der Waals surface area contributed by atoms with Gasteiger partial charge in [0.15, 0.2) is 0 Å². The Kier molecular flexibility index (Phi) is 7.60. The van der Waals surface area contributed by atoms with Gasteiger partial charge in [0.25, 0.3) is 0 Å². The number of hydrogen-bond donors (Lipinski definition) is 0. The second-order valence-corrected chi connectivity index (χ2v) is 5.61. The SMILES string of the molecule is CC(F)F.CC1CC2CCCN2C1=O.N#Cc1cccc(F)c1. The van der Waals surface area contributed by atoms with Gasteiger partial charge in [0.2, 0.25) is 12.3 Å². The first-order chi connectivity index (χ1) is 10.8. The van der Waals surface area contributed by atoms with Crippen molar-refractivity contribution >= 4 is 5.91 Å². The van der Waals surface area contributed by atoms with Crippen LogP contribution in [0.3, 0.4) is 0 Å². The molecule has 2 unspecified atom stereocenters. The van der Waals surface area contributed by atoms with Crippen LogP contribution >= 0.6 is 0 Å². The van der Waals surface area contributed by atoms with Crippen LogP contribution in [-0.4, -0.2) is 29.8 Å². The maximum Gasteiger partial charge on any atom is 0.235 e. The fraction of sp³-hybridized carbons (Fsp3) is 0.529. The van der Waals surface area contributed by atoms with Crippen molar-refractivity contribution in [3.8, 4) is 6.07 Å². The van der Waals surface area contributed by atoms with Gasteiger partial charge < -0.3 is 4.90 Å². The van der Waals surface area contributed by atoms with Crippen molar-refractivity contribution in [2.75, 3.05) is 6.54 Å². The summed E-state index contributed by atoms with van der Waals surface area (Å²) in [5.41, 5.74) is 0.356. The molecule has 0 aromatic heterocycles. The Hall–Kier alpha value is -2.03. The van der Waals surface area contributed by atoms with Crippen LogP contribution < -0.4 is 0 Å². The molecule has 2 atom stereocenters. The van der Waals surface area contributed by atoms with E-state index in [1.807, 2.05) is 13.0 Å². The minimum Gasteiger partial charge on any atom is -0.339 e. The van der Waals surface area contributed by atoms with E-state index in [1.54, 1.807) is 6.07 Å². The summed E-state index contributed by atoms with van der Waals surface area (Å²) in [7, 11) is 0. The Morgan fingerprint density at radius 1 is 1.39 bits per heavy atom. The van der Waals surface area contributed by atoms with Gasteiger partial charge in [-0.1, -0.05) is 13.0 Å². The molecule has 2 aliphatic heterocycles. The van der Waals surface area contributed by atoms with E-state index in [1.165, 1.54) is 31.0 Å². The predicted octanol–water partition coefficient (Wildman–Crippen LogP) is 3.99. The zero-order chi connectivity index (χ0) is 17.4. The Bertz CT molecular complexity index is 554. The first-order valence-corrected chi connectivity index (χ1v) is 7.59. The van der Waals surface area contributed by atoms with Crippen molar-refractivity contribution in [2.45, 2.75) is 45.6 Å². The number of alkyl halides is 2. The molecule has 1 aromatic rings. The first-order valence-electron chi connectivity index (χ1n) is 7.59. The predicted molar refractivity (Wildman–Crippen MR) is 81.3 cm³/mol. The highest BCUT2D eigenvalue weighted by Gasteiger charge is 2.39. The van der Waals surface area contributed by atoms with Crippen LogP contribution in [0.1, 0.15) is 38.7 Å². The fourth-order valence-corrected chi connectivity index (χ4v) is 2.72. The lowest BCUT2D eigenvalue weighted by Gasteiger charge is -2.13. The molecule has 23 heavy (non-hydrogen) atoms. The zero-order valence-corrected chi connectivity index (χ0v) is 13.3. The molecule has 0 radical (unpaired) electrons. The van der Waals surface area contributed by atoms with Crippen LogP contribution in [0.15, 0.2) is 24.3 Å². The summed E-state index contributed by atoms with van der Waals surface area (Å²) in [5.74, 6) is 0.335. The third kappa shape index (κ3) is 6.31. The normalized spacial score (nSPS) is 21.8. The molecule has 0 bridgehead atoms. The topological polar surface area (TPSA) is 44.1 Å². The lowest BCUT2D eigenvalue weighted by Crippen LogP contribution is -2.27. The van der Waals surface area contributed by atoms with Gasteiger partial charge in [-0.05, 0) is 44.4 Å². The van der Waals surface area contributed by atoms with E-state index in [0.29, 0.717) is 23.4 Å². The summed E-state index contributed by atoms with van der Waals surface area (Å²) in [6, 6.07) is 8.01. The van der Waals surface area contributed by atoms with Gasteiger partial charge in [-0.2, -0.15) is 5.26 Å². The molecule has 2 aliphatic rings. The fourth-order valence-electron chi connectivity index (χ4n) is 2.72. The number of hydrogen-bond acceptors (Lipinski definition) is 2. The van der Waals surface area contributed by atoms with Crippen molar-refractivity contribution < 1.29 is 18.0 Å². The number of nitrogens with zero attached hydrogens (tertiary/aromatic N) is 2. The monoisotopic (exact) mass is 326 g/mol. The van der Waals surface area contributed by atoms with Crippen molar-refractivity contribution in [3.05, 3.63) is 35.6 Å². The maximum absolute atomic E-state index is 12.2. The van der Waals surface area contributed by atoms with E-state index in [-0.39, 0.29) is 5.82 Å². The highest BCUT2D eigenvalue weighted by Crippen LogP contribution is 2.31. The smallest absolute Gasteiger partial charge is 0.235 e. The van der Waals surface area contributed by atoms with E-state index in [9.17, 15) is 18.0 Å². The number of amides is 1. The van der Waals surface area contributed by atoms with Gasteiger partial charge in [-0.15, -0.1) is 0 Å². The Morgan fingerprint density at radius 2 is 2.04 bits per heavy atom. The number of carbonyl (C=O) groups excluding carboxylic acids is 1. The second-order valence-electron chi connectivity index (χ2n) is 5.61. The molecule has 0 N–H and O–H groups in total. The third-order valence-corrected chi connectivity index (χ3v) is 3.66. The third-order valence-electron chi connectivity index (χ3n) is 3.66. The van der Waals surface area contributed by atoms with E-state index >= 15 is 0 Å². The zero-order valence-electron chi connectivity index (χ0n) is 13.3. The van der Waals surface area contributed by atoms with Gasteiger partial charge in [-0.25, -0.2) is 13.2 Å². The number of halogens is 3. The molecule has 2 saturated heterocycles. The van der Waals surface area contributed by atoms with Gasteiger partial charge in [0, 0.05) is 18.5 Å². The molecular weight excluding hydrogens is 305 g/mol. The lowest BCUT2D eigenvalue weighted by atomic mass is 10.1. The molecule has 1 aromatic carbocycles. The average Bonchev–Trinajstić information content (AvgIpc) is 3.03. The van der Waals surface area contributed by atoms with E-state index < -0.39 is 6.43 Å². The molecule has 126 valence electrons. The van der Waals surface area contributed by atoms with Gasteiger partial charge in [-0.3, -0.25) is 4.79 Å². The van der Waals surface area contributed by atoms with Crippen LogP contribution in [0.25, 0.3) is 0 Å². The second kappa shape index (κ2) is 9.19. The summed E-state index contributed by atoms with van der Waals surface area (Å²) < 4.78 is 32.9. The molecule has 1 amide bonds. The molecule has 3 rings (SSSR count). The van der Waals surface area contributed by atoms with E-state index in [4.69, 9.17) is 5.26 Å². The summed E-state index contributed by atoms with van der Waals surface area (Å²) in [5, 5.41) is 8.25. The summed E-state index contributed by atoms with van der Waals surface area (Å²) in [6.45, 7) is 3.90. The van der Waals surface area contributed by atoms with Crippen LogP contribution in [0.5, 0.6) is 0 Å². The maximum atomic E-state index is 12.2. The van der Waals surface area contributed by atoms with Crippen molar-refractivity contribution in [1.29, 1.82) is 5.26 Å². The molecule has 0 aliphatic carbocycles. The lowest BCUT2D eigenvalue weighted by molar-refractivity contribution is -0.130. The number of benzene rings is 1. The largest absolute Gasteiger partial charge is 0.339 e. The number of fused-ring (bicyclic) bond motifs is 1. The Balaban J connectivity index is 0.000000189. The molecular formula is C17H21F3N2O. The first kappa shape index (κ1) is 19.0. The summed E-state index contributed by atoms with van der Waals surface area (Å²) >= 11 is 0. The van der Waals surface area contributed by atoms with Crippen LogP contribution in [0, 0.1) is 23.1 Å². The van der Waals surface area contributed by atoms with Crippen molar-refractivity contribution in [1.82, 2.24) is 4.90 Å². The number of nitriles is 1.